The summed E-state index contributed by atoms with van der Waals surface area (Å²) in [6.07, 6.45) is 6.24. The summed E-state index contributed by atoms with van der Waals surface area (Å²) in [4.78, 5) is 11.3. The molecule has 3 N–H and O–H groups in total. The number of aryl methyl sites for hydroxylation is 1. The minimum atomic E-state index is -0.193. The highest BCUT2D eigenvalue weighted by Gasteiger charge is 2.06. The SMILES string of the molecule is C[n+]1ccc(C=Cc2ccc(NC(=O)CN)cc2)c2ccccc21. The summed E-state index contributed by atoms with van der Waals surface area (Å²) >= 11 is 0. The van der Waals surface area contributed by atoms with Crippen LogP contribution in [-0.4, -0.2) is 12.5 Å². The van der Waals surface area contributed by atoms with Gasteiger partial charge in [-0.05, 0) is 29.3 Å². The van der Waals surface area contributed by atoms with Gasteiger partial charge < -0.3 is 11.1 Å². The van der Waals surface area contributed by atoms with Crippen LogP contribution in [0.5, 0.6) is 0 Å². The van der Waals surface area contributed by atoms with E-state index in [-0.39, 0.29) is 12.5 Å². The maximum absolute atomic E-state index is 11.3. The van der Waals surface area contributed by atoms with E-state index in [1.54, 1.807) is 0 Å². The van der Waals surface area contributed by atoms with Crippen molar-refractivity contribution < 1.29 is 9.36 Å². The number of carbonyl (C=O) groups is 1. The van der Waals surface area contributed by atoms with Crippen LogP contribution in [0.1, 0.15) is 11.1 Å². The molecule has 1 heterocycles. The molecule has 0 unspecified atom stereocenters. The van der Waals surface area contributed by atoms with Crippen molar-refractivity contribution >= 4 is 34.6 Å². The Morgan fingerprint density at radius 2 is 1.83 bits per heavy atom. The smallest absolute Gasteiger partial charge is 0.238 e. The van der Waals surface area contributed by atoms with E-state index in [0.29, 0.717) is 0 Å². The maximum Gasteiger partial charge on any atom is 0.238 e. The first-order valence-corrected chi connectivity index (χ1v) is 7.83. The summed E-state index contributed by atoms with van der Waals surface area (Å²) in [5.74, 6) is -0.193. The number of amides is 1. The number of para-hydroxylation sites is 1. The molecule has 120 valence electrons. The Morgan fingerprint density at radius 3 is 2.58 bits per heavy atom. The number of nitrogens with two attached hydrogens (primary N) is 1. The number of benzene rings is 2. The summed E-state index contributed by atoms with van der Waals surface area (Å²) in [6, 6.07) is 18.1. The molecule has 24 heavy (non-hydrogen) atoms. The second-order valence-electron chi connectivity index (χ2n) is 5.61. The van der Waals surface area contributed by atoms with Crippen LogP contribution in [0.25, 0.3) is 23.1 Å². The fourth-order valence-electron chi connectivity index (χ4n) is 2.61. The summed E-state index contributed by atoms with van der Waals surface area (Å²) < 4.78 is 2.11. The first kappa shape index (κ1) is 15.9. The number of fused-ring (bicyclic) bond motifs is 1. The van der Waals surface area contributed by atoms with Crippen molar-refractivity contribution in [2.45, 2.75) is 0 Å². The average Bonchev–Trinajstić information content (AvgIpc) is 2.62. The lowest BCUT2D eigenvalue weighted by Gasteiger charge is -2.03. The third-order valence-corrected chi connectivity index (χ3v) is 3.91. The van der Waals surface area contributed by atoms with Gasteiger partial charge in [0.25, 0.3) is 0 Å². The summed E-state index contributed by atoms with van der Waals surface area (Å²) in [5.41, 5.74) is 9.47. The van der Waals surface area contributed by atoms with Crippen LogP contribution in [0.15, 0.2) is 60.8 Å². The molecule has 0 aliphatic rings. The Kier molecular flexibility index (Phi) is 4.68. The van der Waals surface area contributed by atoms with E-state index in [9.17, 15) is 4.79 Å². The number of hydrogen-bond donors (Lipinski definition) is 2. The zero-order valence-electron chi connectivity index (χ0n) is 13.6. The fourth-order valence-corrected chi connectivity index (χ4v) is 2.61. The number of hydrogen-bond acceptors (Lipinski definition) is 2. The highest BCUT2D eigenvalue weighted by atomic mass is 16.1. The molecule has 0 radical (unpaired) electrons. The van der Waals surface area contributed by atoms with Crippen LogP contribution in [0.3, 0.4) is 0 Å². The van der Waals surface area contributed by atoms with Crippen molar-refractivity contribution in [2.24, 2.45) is 12.8 Å². The van der Waals surface area contributed by atoms with Crippen LogP contribution < -0.4 is 15.6 Å². The van der Waals surface area contributed by atoms with E-state index < -0.39 is 0 Å². The second kappa shape index (κ2) is 7.06. The molecule has 4 heteroatoms. The number of nitrogens with one attached hydrogen (secondary N) is 1. The number of rotatable bonds is 4. The van der Waals surface area contributed by atoms with Gasteiger partial charge in [0.2, 0.25) is 11.4 Å². The minimum Gasteiger partial charge on any atom is -0.325 e. The topological polar surface area (TPSA) is 59.0 Å². The Hall–Kier alpha value is -2.98. The van der Waals surface area contributed by atoms with Crippen LogP contribution in [0, 0.1) is 0 Å². The molecule has 0 saturated carbocycles. The van der Waals surface area contributed by atoms with Gasteiger partial charge in [-0.2, -0.15) is 0 Å². The molecule has 0 bridgehead atoms. The predicted molar refractivity (Wildman–Crippen MR) is 98.2 cm³/mol. The Balaban J connectivity index is 1.84. The van der Waals surface area contributed by atoms with Crippen molar-refractivity contribution in [3.63, 3.8) is 0 Å². The largest absolute Gasteiger partial charge is 0.325 e. The molecule has 0 aliphatic carbocycles. The third kappa shape index (κ3) is 3.50. The van der Waals surface area contributed by atoms with E-state index in [1.165, 1.54) is 16.5 Å². The molecule has 0 fully saturated rings. The van der Waals surface area contributed by atoms with Gasteiger partial charge in [-0.15, -0.1) is 0 Å². The van der Waals surface area contributed by atoms with Crippen molar-refractivity contribution in [1.82, 2.24) is 0 Å². The van der Waals surface area contributed by atoms with Gasteiger partial charge in [-0.1, -0.05) is 36.4 Å². The van der Waals surface area contributed by atoms with Crippen molar-refractivity contribution in [2.75, 3.05) is 11.9 Å². The standard InChI is InChI=1S/C20H19N3O/c1-23-13-12-16(18-4-2-3-5-19(18)23)9-6-15-7-10-17(11-8-15)22-20(24)14-21/h2-13H,14,21H2,1H3/p+1. The van der Waals surface area contributed by atoms with Crippen molar-refractivity contribution in [1.29, 1.82) is 0 Å². The van der Waals surface area contributed by atoms with Crippen molar-refractivity contribution in [3.05, 3.63) is 71.9 Å². The van der Waals surface area contributed by atoms with Gasteiger partial charge in [-0.3, -0.25) is 4.79 Å². The quantitative estimate of drug-likeness (QED) is 0.727. The van der Waals surface area contributed by atoms with Gasteiger partial charge in [0, 0.05) is 17.8 Å². The molecule has 0 saturated heterocycles. The number of aromatic nitrogens is 1. The molecule has 0 spiro atoms. The van der Waals surface area contributed by atoms with Gasteiger partial charge >= 0.3 is 0 Å². The Bertz CT molecular complexity index is 898. The monoisotopic (exact) mass is 318 g/mol. The van der Waals surface area contributed by atoms with E-state index in [1.807, 2.05) is 37.4 Å². The minimum absolute atomic E-state index is 0.0137. The summed E-state index contributed by atoms with van der Waals surface area (Å²) in [5, 5.41) is 3.95. The maximum atomic E-state index is 11.3. The predicted octanol–water partition coefficient (Wildman–Crippen LogP) is 2.73. The first-order chi connectivity index (χ1) is 11.7. The highest BCUT2D eigenvalue weighted by Crippen LogP contribution is 2.18. The fraction of sp³-hybridized carbons (Fsp3) is 0.100. The first-order valence-electron chi connectivity index (χ1n) is 7.83. The molecule has 4 nitrogen and oxygen atoms in total. The van der Waals surface area contributed by atoms with E-state index >= 15 is 0 Å². The molecule has 0 atom stereocenters. The van der Waals surface area contributed by atoms with E-state index in [4.69, 9.17) is 5.73 Å². The Labute approximate surface area is 141 Å². The number of carbonyl (C=O) groups excluding carboxylic acids is 1. The molecule has 3 aromatic rings. The molecule has 1 amide bonds. The number of anilines is 1. The molecular formula is C20H20N3O+. The van der Waals surface area contributed by atoms with Gasteiger partial charge in [0.1, 0.15) is 7.05 Å². The number of nitrogens with zero attached hydrogens (tertiary/aromatic N) is 1. The van der Waals surface area contributed by atoms with Crippen LogP contribution in [-0.2, 0) is 11.8 Å². The lowest BCUT2D eigenvalue weighted by Crippen LogP contribution is -2.28. The van der Waals surface area contributed by atoms with Crippen LogP contribution >= 0.6 is 0 Å². The third-order valence-electron chi connectivity index (χ3n) is 3.91. The van der Waals surface area contributed by atoms with Crippen molar-refractivity contribution in [3.8, 4) is 0 Å². The van der Waals surface area contributed by atoms with Gasteiger partial charge in [0.15, 0.2) is 6.20 Å². The summed E-state index contributed by atoms with van der Waals surface area (Å²) in [6.45, 7) is -0.0137. The van der Waals surface area contributed by atoms with E-state index in [2.05, 4.69) is 52.5 Å². The Morgan fingerprint density at radius 1 is 1.08 bits per heavy atom. The van der Waals surface area contributed by atoms with Gasteiger partial charge in [0.05, 0.1) is 11.9 Å². The van der Waals surface area contributed by atoms with Crippen LogP contribution in [0.2, 0.25) is 0 Å². The summed E-state index contributed by atoms with van der Waals surface area (Å²) in [7, 11) is 2.05. The van der Waals surface area contributed by atoms with E-state index in [0.717, 1.165) is 11.3 Å². The molecule has 2 aromatic carbocycles. The molecular weight excluding hydrogens is 298 g/mol. The average molecular weight is 318 g/mol. The zero-order chi connectivity index (χ0) is 16.9. The van der Waals surface area contributed by atoms with Gasteiger partial charge in [-0.25, -0.2) is 4.57 Å². The normalized spacial score (nSPS) is 11.1. The second-order valence-corrected chi connectivity index (χ2v) is 5.61. The molecule has 0 aliphatic heterocycles. The number of pyridine rings is 1. The lowest BCUT2D eigenvalue weighted by molar-refractivity contribution is -0.644. The zero-order valence-corrected chi connectivity index (χ0v) is 13.6. The van der Waals surface area contributed by atoms with Crippen LogP contribution in [0.4, 0.5) is 5.69 Å². The molecule has 1 aromatic heterocycles. The molecule has 3 rings (SSSR count). The lowest BCUT2D eigenvalue weighted by atomic mass is 10.1. The highest BCUT2D eigenvalue weighted by molar-refractivity contribution is 5.92.